The molecule has 0 unspecified atom stereocenters. The van der Waals surface area contributed by atoms with Gasteiger partial charge in [0.1, 0.15) is 0 Å². The molecule has 0 atom stereocenters. The Kier molecular flexibility index (Phi) is 0.938. The first-order valence-corrected chi connectivity index (χ1v) is 2.57. The van der Waals surface area contributed by atoms with E-state index in [0.29, 0.717) is 0 Å². The molecule has 2 aromatic rings. The summed E-state index contributed by atoms with van der Waals surface area (Å²) >= 11 is 0. The van der Waals surface area contributed by atoms with Crippen LogP contribution in [0.25, 0.3) is 0 Å². The predicted octanol–water partition coefficient (Wildman–Crippen LogP) is -1.42. The van der Waals surface area contributed by atoms with E-state index in [1.807, 2.05) is 0 Å². The zero-order valence-electron chi connectivity index (χ0n) is 4.86. The second-order valence-electron chi connectivity index (χ2n) is 1.53. The van der Waals surface area contributed by atoms with Gasteiger partial charge in [0.05, 0.1) is 12.4 Å². The van der Waals surface area contributed by atoms with Gasteiger partial charge in [0.15, 0.2) is 6.33 Å². The minimum absolute atomic E-state index is 1.22. The van der Waals surface area contributed by atoms with Crippen LogP contribution in [0.4, 0.5) is 0 Å². The van der Waals surface area contributed by atoms with Crippen LogP contribution in [-0.2, 0) is 0 Å². The van der Waals surface area contributed by atoms with Gasteiger partial charge in [-0.3, -0.25) is 0 Å². The fourth-order valence-corrected chi connectivity index (χ4v) is 0.553. The lowest BCUT2D eigenvalue weighted by molar-refractivity contribution is 0.420. The largest absolute Gasteiger partial charge is 0.164 e. The van der Waals surface area contributed by atoms with Crippen LogP contribution >= 0.6 is 0 Å². The van der Waals surface area contributed by atoms with Crippen LogP contribution in [0, 0.1) is 0 Å². The molecule has 0 bridgehead atoms. The quantitative estimate of drug-likeness (QED) is 0.482. The minimum atomic E-state index is 1.22. The number of nitrogens with zero attached hydrogens (tertiary/aromatic N) is 7. The van der Waals surface area contributed by atoms with Crippen molar-refractivity contribution in [1.82, 2.24) is 35.4 Å². The fourth-order valence-electron chi connectivity index (χ4n) is 0.553. The molecular weight excluding hydrogens is 134 g/mol. The van der Waals surface area contributed by atoms with E-state index in [2.05, 4.69) is 25.7 Å². The summed E-state index contributed by atoms with van der Waals surface area (Å²) < 4.78 is 0. The Morgan fingerprint density at radius 3 is 2.70 bits per heavy atom. The highest BCUT2D eigenvalue weighted by Gasteiger charge is 1.92. The lowest BCUT2D eigenvalue weighted by Gasteiger charge is -1.90. The molecule has 0 spiro atoms. The van der Waals surface area contributed by atoms with Gasteiger partial charge in [-0.1, -0.05) is 0 Å². The first kappa shape index (κ1) is 5.03. The number of hydrogen-bond acceptors (Lipinski definition) is 5. The molecular formula is C3H3N7. The van der Waals surface area contributed by atoms with E-state index < -0.39 is 0 Å². The zero-order chi connectivity index (χ0) is 6.81. The van der Waals surface area contributed by atoms with Crippen LogP contribution in [0.5, 0.6) is 0 Å². The van der Waals surface area contributed by atoms with Gasteiger partial charge in [-0.15, -0.1) is 20.1 Å². The normalized spacial score (nSPS) is 10.0. The maximum Gasteiger partial charge on any atom is 0.164 e. The van der Waals surface area contributed by atoms with Crippen molar-refractivity contribution in [3.8, 4) is 0 Å². The Balaban J connectivity index is 2.48. The van der Waals surface area contributed by atoms with Crippen molar-refractivity contribution in [3.05, 3.63) is 18.7 Å². The van der Waals surface area contributed by atoms with Crippen LogP contribution in [0.2, 0.25) is 0 Å². The van der Waals surface area contributed by atoms with Gasteiger partial charge in [0, 0.05) is 0 Å². The zero-order valence-corrected chi connectivity index (χ0v) is 4.86. The second kappa shape index (κ2) is 1.87. The van der Waals surface area contributed by atoms with Gasteiger partial charge in [-0.2, -0.15) is 0 Å². The van der Waals surface area contributed by atoms with Crippen LogP contribution < -0.4 is 0 Å². The molecule has 0 aliphatic carbocycles. The van der Waals surface area contributed by atoms with Crippen LogP contribution in [0.1, 0.15) is 0 Å². The van der Waals surface area contributed by atoms with Crippen molar-refractivity contribution in [2.45, 2.75) is 0 Å². The van der Waals surface area contributed by atoms with Gasteiger partial charge in [-0.25, -0.2) is 0 Å². The first-order valence-electron chi connectivity index (χ1n) is 2.57. The summed E-state index contributed by atoms with van der Waals surface area (Å²) in [7, 11) is 0. The molecule has 50 valence electrons. The van der Waals surface area contributed by atoms with Gasteiger partial charge in [0.25, 0.3) is 0 Å². The molecule has 0 aliphatic heterocycles. The second-order valence-corrected chi connectivity index (χ2v) is 1.53. The van der Waals surface area contributed by atoms with E-state index in [9.17, 15) is 0 Å². The Morgan fingerprint density at radius 2 is 2.10 bits per heavy atom. The summed E-state index contributed by atoms with van der Waals surface area (Å²) in [5.41, 5.74) is 0. The van der Waals surface area contributed by atoms with Crippen molar-refractivity contribution >= 4 is 0 Å². The molecule has 0 radical (unpaired) electrons. The molecule has 7 nitrogen and oxygen atoms in total. The topological polar surface area (TPSA) is 74.3 Å². The number of tetrazole rings is 1. The third kappa shape index (κ3) is 0.642. The fraction of sp³-hybridized carbons (Fsp3) is 0. The molecule has 2 rings (SSSR count). The van der Waals surface area contributed by atoms with Crippen molar-refractivity contribution in [2.24, 2.45) is 0 Å². The van der Waals surface area contributed by atoms with E-state index in [4.69, 9.17) is 0 Å². The third-order valence-electron chi connectivity index (χ3n) is 0.931. The smallest absolute Gasteiger partial charge is 0.137 e. The molecule has 0 saturated carbocycles. The van der Waals surface area contributed by atoms with Crippen molar-refractivity contribution < 1.29 is 0 Å². The maximum absolute atomic E-state index is 3.71. The average molecular weight is 137 g/mol. The van der Waals surface area contributed by atoms with Crippen LogP contribution in [0.15, 0.2) is 18.7 Å². The van der Waals surface area contributed by atoms with Gasteiger partial charge in [0.2, 0.25) is 0 Å². The molecule has 0 fully saturated rings. The molecule has 0 N–H and O–H groups in total. The lowest BCUT2D eigenvalue weighted by Crippen LogP contribution is -2.13. The monoisotopic (exact) mass is 137 g/mol. The molecule has 7 heteroatoms. The van der Waals surface area contributed by atoms with Crippen LogP contribution in [-0.4, -0.2) is 35.4 Å². The third-order valence-corrected chi connectivity index (χ3v) is 0.931. The summed E-state index contributed by atoms with van der Waals surface area (Å²) in [6.07, 6.45) is 4.46. The Bertz CT molecular complexity index is 248. The highest BCUT2D eigenvalue weighted by molar-refractivity contribution is 4.62. The molecule has 0 aromatic carbocycles. The lowest BCUT2D eigenvalue weighted by atomic mass is 11.0. The van der Waals surface area contributed by atoms with Gasteiger partial charge >= 0.3 is 0 Å². The van der Waals surface area contributed by atoms with Crippen LogP contribution in [0.3, 0.4) is 0 Å². The van der Waals surface area contributed by atoms with E-state index >= 15 is 0 Å². The van der Waals surface area contributed by atoms with E-state index in [0.717, 1.165) is 0 Å². The molecule has 0 amide bonds. The van der Waals surface area contributed by atoms with Crippen molar-refractivity contribution in [1.29, 1.82) is 0 Å². The Labute approximate surface area is 55.2 Å². The summed E-state index contributed by atoms with van der Waals surface area (Å²) in [6, 6.07) is 0. The summed E-state index contributed by atoms with van der Waals surface area (Å²) in [5, 5.41) is 18.0. The van der Waals surface area contributed by atoms with Gasteiger partial charge in [-0.05, 0) is 15.3 Å². The molecule has 2 heterocycles. The SMILES string of the molecule is c1cn(-n2ncnn2)nn1. The van der Waals surface area contributed by atoms with E-state index in [1.54, 1.807) is 6.20 Å². The van der Waals surface area contributed by atoms with Crippen molar-refractivity contribution in [3.63, 3.8) is 0 Å². The summed E-state index contributed by atoms with van der Waals surface area (Å²) in [4.78, 5) is 2.57. The molecule has 0 aliphatic rings. The molecule has 2 aromatic heterocycles. The molecule has 10 heavy (non-hydrogen) atoms. The van der Waals surface area contributed by atoms with E-state index in [1.165, 1.54) is 22.2 Å². The standard InChI is InChI=1S/C3H3N7/c1-2-9(7-4-1)10-6-3-5-8-10/h1-3H. The summed E-state index contributed by atoms with van der Waals surface area (Å²) in [6.45, 7) is 0. The Morgan fingerprint density at radius 1 is 1.10 bits per heavy atom. The predicted molar refractivity (Wildman–Crippen MR) is 28.6 cm³/mol. The highest BCUT2D eigenvalue weighted by Crippen LogP contribution is 1.76. The highest BCUT2D eigenvalue weighted by atomic mass is 15.8. The summed E-state index contributed by atoms with van der Waals surface area (Å²) in [5.74, 6) is 0. The number of aromatic nitrogens is 7. The molecule has 0 saturated heterocycles. The maximum atomic E-state index is 3.71. The van der Waals surface area contributed by atoms with Crippen molar-refractivity contribution in [2.75, 3.05) is 0 Å². The number of hydrogen-bond donors (Lipinski definition) is 0. The average Bonchev–Trinajstić information content (AvgIpc) is 2.59. The van der Waals surface area contributed by atoms with Gasteiger partial charge < -0.3 is 0 Å². The number of rotatable bonds is 1. The Hall–Kier alpha value is -1.79. The first-order chi connectivity index (χ1) is 4.97. The minimum Gasteiger partial charge on any atom is -0.137 e. The van der Waals surface area contributed by atoms with E-state index in [-0.39, 0.29) is 0 Å².